The Balaban J connectivity index is 2.24. The molecule has 1 rings (SSSR count). The number of hydrogen-bond acceptors (Lipinski definition) is 3. The first-order valence-corrected chi connectivity index (χ1v) is 8.69. The van der Waals surface area contributed by atoms with Crippen LogP contribution in [0, 0.1) is 0 Å². The van der Waals surface area contributed by atoms with Crippen LogP contribution in [0.25, 0.3) is 0 Å². The zero-order valence-corrected chi connectivity index (χ0v) is 13.0. The van der Waals surface area contributed by atoms with Crippen LogP contribution in [0.1, 0.15) is 50.6 Å². The van der Waals surface area contributed by atoms with E-state index < -0.39 is 0 Å². The molecular formula is C16H27NOS. The highest BCUT2D eigenvalue weighted by molar-refractivity contribution is 7.98. The Morgan fingerprint density at radius 2 is 1.89 bits per heavy atom. The number of thioether (sulfide) groups is 1. The normalized spacial score (nSPS) is 12.5. The van der Waals surface area contributed by atoms with E-state index in [0.717, 1.165) is 18.5 Å². The van der Waals surface area contributed by atoms with Crippen LogP contribution in [0.15, 0.2) is 24.3 Å². The van der Waals surface area contributed by atoms with Gasteiger partial charge in [-0.25, -0.2) is 0 Å². The van der Waals surface area contributed by atoms with Crippen molar-refractivity contribution >= 4 is 11.8 Å². The van der Waals surface area contributed by atoms with Crippen molar-refractivity contribution < 1.29 is 5.11 Å². The number of hydrogen-bond donors (Lipinski definition) is 2. The zero-order valence-electron chi connectivity index (χ0n) is 12.2. The molecule has 0 amide bonds. The third-order valence-electron chi connectivity index (χ3n) is 3.39. The summed E-state index contributed by atoms with van der Waals surface area (Å²) in [7, 11) is 0. The minimum atomic E-state index is 0.271. The van der Waals surface area contributed by atoms with Gasteiger partial charge in [-0.2, -0.15) is 11.8 Å². The summed E-state index contributed by atoms with van der Waals surface area (Å²) in [4.78, 5) is 0. The highest BCUT2D eigenvalue weighted by Gasteiger charge is 2.11. The number of unbranched alkanes of at least 4 members (excludes halogenated alkanes) is 3. The van der Waals surface area contributed by atoms with Gasteiger partial charge < -0.3 is 10.4 Å². The number of rotatable bonds is 10. The fourth-order valence-corrected chi connectivity index (χ4v) is 2.75. The maximum atomic E-state index is 9.87. The van der Waals surface area contributed by atoms with Crippen LogP contribution >= 0.6 is 11.8 Å². The summed E-state index contributed by atoms with van der Waals surface area (Å²) in [5.41, 5.74) is 1.02. The van der Waals surface area contributed by atoms with Gasteiger partial charge in [-0.1, -0.05) is 38.0 Å². The Kier molecular flexibility index (Phi) is 8.76. The van der Waals surface area contributed by atoms with Gasteiger partial charge in [0.25, 0.3) is 0 Å². The largest absolute Gasteiger partial charge is 0.508 e. The molecule has 0 fully saturated rings. The predicted octanol–water partition coefficient (Wildman–Crippen LogP) is 4.36. The lowest BCUT2D eigenvalue weighted by Gasteiger charge is -2.18. The summed E-state index contributed by atoms with van der Waals surface area (Å²) in [6.07, 6.45) is 8.35. The summed E-state index contributed by atoms with van der Waals surface area (Å²) in [6.45, 7) is 3.19. The zero-order chi connectivity index (χ0) is 13.9. The van der Waals surface area contributed by atoms with E-state index in [1.54, 1.807) is 6.07 Å². The van der Waals surface area contributed by atoms with E-state index in [2.05, 4.69) is 18.5 Å². The Labute approximate surface area is 122 Å². The van der Waals surface area contributed by atoms with Crippen molar-refractivity contribution in [2.45, 2.75) is 45.1 Å². The van der Waals surface area contributed by atoms with Crippen molar-refractivity contribution in [3.05, 3.63) is 29.8 Å². The van der Waals surface area contributed by atoms with Gasteiger partial charge >= 0.3 is 0 Å². The molecule has 19 heavy (non-hydrogen) atoms. The molecule has 0 aromatic heterocycles. The van der Waals surface area contributed by atoms with Gasteiger partial charge in [0, 0.05) is 11.6 Å². The van der Waals surface area contributed by atoms with Crippen molar-refractivity contribution in [2.75, 3.05) is 18.6 Å². The highest BCUT2D eigenvalue weighted by Crippen LogP contribution is 2.25. The van der Waals surface area contributed by atoms with E-state index in [4.69, 9.17) is 0 Å². The fraction of sp³-hybridized carbons (Fsp3) is 0.625. The first-order valence-electron chi connectivity index (χ1n) is 7.29. The lowest BCUT2D eigenvalue weighted by molar-refractivity contribution is 0.438. The van der Waals surface area contributed by atoms with Crippen LogP contribution in [0.3, 0.4) is 0 Å². The molecule has 1 aromatic rings. The van der Waals surface area contributed by atoms with Crippen LogP contribution in [0.2, 0.25) is 0 Å². The Morgan fingerprint density at radius 1 is 1.16 bits per heavy atom. The summed E-state index contributed by atoms with van der Waals surface area (Å²) < 4.78 is 0. The first-order chi connectivity index (χ1) is 9.29. The smallest absolute Gasteiger partial charge is 0.120 e. The molecule has 2 N–H and O–H groups in total. The van der Waals surface area contributed by atoms with Gasteiger partial charge in [-0.05, 0) is 43.9 Å². The van der Waals surface area contributed by atoms with Crippen molar-refractivity contribution in [1.82, 2.24) is 5.32 Å². The number of nitrogens with one attached hydrogen (secondary N) is 1. The predicted molar refractivity (Wildman–Crippen MR) is 86.0 cm³/mol. The second-order valence-corrected chi connectivity index (χ2v) is 5.87. The lowest BCUT2D eigenvalue weighted by atomic mass is 10.0. The maximum Gasteiger partial charge on any atom is 0.120 e. The van der Waals surface area contributed by atoms with E-state index in [1.165, 1.54) is 31.4 Å². The minimum Gasteiger partial charge on any atom is -0.508 e. The van der Waals surface area contributed by atoms with Gasteiger partial charge in [0.15, 0.2) is 0 Å². The van der Waals surface area contributed by atoms with E-state index >= 15 is 0 Å². The van der Waals surface area contributed by atoms with Gasteiger partial charge in [-0.3, -0.25) is 0 Å². The Hall–Kier alpha value is -0.670. The summed E-state index contributed by atoms with van der Waals surface area (Å²) in [6, 6.07) is 7.91. The monoisotopic (exact) mass is 281 g/mol. The number of phenolic OH excluding ortho intramolecular Hbond substituents is 1. The molecule has 1 atom stereocenters. The second kappa shape index (κ2) is 10.2. The third kappa shape index (κ3) is 6.35. The molecule has 0 spiro atoms. The maximum absolute atomic E-state index is 9.87. The molecule has 0 aliphatic rings. The summed E-state index contributed by atoms with van der Waals surface area (Å²) >= 11 is 1.93. The van der Waals surface area contributed by atoms with Crippen LogP contribution in [0.4, 0.5) is 0 Å². The quantitative estimate of drug-likeness (QED) is 0.625. The second-order valence-electron chi connectivity index (χ2n) is 4.88. The molecule has 0 heterocycles. The molecule has 0 saturated heterocycles. The SMILES string of the molecule is CCC(NCCCCCCSC)c1ccccc1O. The summed E-state index contributed by atoms with van der Waals surface area (Å²) in [5.74, 6) is 1.69. The highest BCUT2D eigenvalue weighted by atomic mass is 32.2. The van der Waals surface area contributed by atoms with Crippen molar-refractivity contribution in [2.24, 2.45) is 0 Å². The topological polar surface area (TPSA) is 32.3 Å². The molecule has 1 aromatic carbocycles. The Morgan fingerprint density at radius 3 is 2.58 bits per heavy atom. The average molecular weight is 281 g/mol. The van der Waals surface area contributed by atoms with Crippen LogP contribution in [0.5, 0.6) is 5.75 Å². The van der Waals surface area contributed by atoms with Crippen molar-refractivity contribution in [3.63, 3.8) is 0 Å². The number of para-hydroxylation sites is 1. The standard InChI is InChI=1S/C16H27NOS/c1-3-15(14-10-6-7-11-16(14)18)17-12-8-4-5-9-13-19-2/h6-7,10-11,15,17-18H,3-5,8-9,12-13H2,1-2H3. The van der Waals surface area contributed by atoms with E-state index in [0.29, 0.717) is 5.75 Å². The number of benzene rings is 1. The van der Waals surface area contributed by atoms with Gasteiger partial charge in [0.1, 0.15) is 5.75 Å². The fourth-order valence-electron chi connectivity index (χ4n) is 2.26. The van der Waals surface area contributed by atoms with Gasteiger partial charge in [0.2, 0.25) is 0 Å². The summed E-state index contributed by atoms with van der Waals surface area (Å²) in [5, 5.41) is 13.4. The molecule has 3 heteroatoms. The van der Waals surface area contributed by atoms with E-state index in [1.807, 2.05) is 30.0 Å². The van der Waals surface area contributed by atoms with Crippen molar-refractivity contribution in [1.29, 1.82) is 0 Å². The molecule has 0 saturated carbocycles. The van der Waals surface area contributed by atoms with Crippen LogP contribution < -0.4 is 5.32 Å². The number of aromatic hydroxyl groups is 1. The molecular weight excluding hydrogens is 254 g/mol. The Bertz CT molecular complexity index is 343. The van der Waals surface area contributed by atoms with Crippen LogP contribution in [-0.4, -0.2) is 23.7 Å². The molecule has 0 radical (unpaired) electrons. The van der Waals surface area contributed by atoms with E-state index in [9.17, 15) is 5.11 Å². The van der Waals surface area contributed by atoms with Gasteiger partial charge in [-0.15, -0.1) is 0 Å². The van der Waals surface area contributed by atoms with Crippen LogP contribution in [-0.2, 0) is 0 Å². The molecule has 0 aliphatic heterocycles. The molecule has 0 bridgehead atoms. The van der Waals surface area contributed by atoms with E-state index in [-0.39, 0.29) is 6.04 Å². The first kappa shape index (κ1) is 16.4. The molecule has 1 unspecified atom stereocenters. The lowest BCUT2D eigenvalue weighted by Crippen LogP contribution is -2.22. The minimum absolute atomic E-state index is 0.271. The third-order valence-corrected chi connectivity index (χ3v) is 4.08. The van der Waals surface area contributed by atoms with Crippen molar-refractivity contribution in [3.8, 4) is 5.75 Å². The van der Waals surface area contributed by atoms with Gasteiger partial charge in [0.05, 0.1) is 0 Å². The molecule has 108 valence electrons. The molecule has 2 nitrogen and oxygen atoms in total. The molecule has 0 aliphatic carbocycles. The average Bonchev–Trinajstić information content (AvgIpc) is 2.43. The number of phenols is 1.